The Labute approximate surface area is 334 Å². The first kappa shape index (κ1) is 33.0. The van der Waals surface area contributed by atoms with Crippen molar-refractivity contribution in [2.45, 2.75) is 0 Å². The molecule has 0 amide bonds. The van der Waals surface area contributed by atoms with E-state index in [1.807, 2.05) is 30.3 Å². The van der Waals surface area contributed by atoms with Crippen molar-refractivity contribution < 1.29 is 9.47 Å². The third-order valence-corrected chi connectivity index (χ3v) is 11.9. The van der Waals surface area contributed by atoms with Crippen LogP contribution in [0.1, 0.15) is 0 Å². The number of rotatable bonds is 7. The summed E-state index contributed by atoms with van der Waals surface area (Å²) >= 11 is 1.67. The number of thiophene rings is 1. The predicted molar refractivity (Wildman–Crippen MR) is 236 cm³/mol. The predicted octanol–water partition coefficient (Wildman–Crippen LogP) is 15.2. The summed E-state index contributed by atoms with van der Waals surface area (Å²) in [6, 6.07) is 72.5. The monoisotopic (exact) mass is 750 g/mol. The molecule has 1 aliphatic heterocycles. The van der Waals surface area contributed by atoms with Crippen LogP contribution in [0.3, 0.4) is 0 Å². The maximum atomic E-state index is 6.77. The number of ether oxygens (including phenoxy) is 2. The molecule has 8 aromatic carbocycles. The molecule has 0 atom stereocenters. The molecule has 4 nitrogen and oxygen atoms in total. The van der Waals surface area contributed by atoms with Gasteiger partial charge in [-0.15, -0.1) is 11.3 Å². The van der Waals surface area contributed by atoms with Gasteiger partial charge in [0, 0.05) is 27.8 Å². The van der Waals surface area contributed by atoms with E-state index in [0.717, 1.165) is 54.9 Å². The summed E-state index contributed by atoms with van der Waals surface area (Å²) in [6.07, 6.45) is 0. The number of aromatic nitrogens is 1. The molecule has 5 heteroatoms. The van der Waals surface area contributed by atoms with Crippen LogP contribution >= 0.6 is 11.3 Å². The minimum atomic E-state index is 0.697. The summed E-state index contributed by atoms with van der Waals surface area (Å²) in [4.78, 5) is 3.31. The van der Waals surface area contributed by atoms with E-state index in [4.69, 9.17) is 9.47 Å². The summed E-state index contributed by atoms with van der Waals surface area (Å²) < 4.78 is 15.8. The average Bonchev–Trinajstić information content (AvgIpc) is 3.82. The van der Waals surface area contributed by atoms with Crippen LogP contribution in [-0.2, 0) is 0 Å². The van der Waals surface area contributed by atoms with Gasteiger partial charge in [0.05, 0.1) is 15.9 Å². The molecule has 270 valence electrons. The number of fused-ring (bicyclic) bond motifs is 5. The zero-order valence-electron chi connectivity index (χ0n) is 30.7. The Morgan fingerprint density at radius 3 is 1.54 bits per heavy atom. The molecule has 0 fully saturated rings. The molecule has 57 heavy (non-hydrogen) atoms. The van der Waals surface area contributed by atoms with Gasteiger partial charge >= 0.3 is 0 Å². The van der Waals surface area contributed by atoms with Crippen molar-refractivity contribution >= 4 is 49.5 Å². The topological polar surface area (TPSA) is 26.6 Å². The van der Waals surface area contributed by atoms with Crippen molar-refractivity contribution in [3.63, 3.8) is 0 Å². The normalized spacial score (nSPS) is 11.8. The van der Waals surface area contributed by atoms with Crippen molar-refractivity contribution in [2.75, 3.05) is 4.90 Å². The van der Waals surface area contributed by atoms with Gasteiger partial charge in [0.25, 0.3) is 0 Å². The van der Waals surface area contributed by atoms with E-state index in [1.165, 1.54) is 27.4 Å². The van der Waals surface area contributed by atoms with Crippen molar-refractivity contribution in [1.82, 2.24) is 4.57 Å². The fraction of sp³-hybridized carbons (Fsp3) is 0. The molecule has 2 aromatic heterocycles. The lowest BCUT2D eigenvalue weighted by Gasteiger charge is -2.27. The standard InChI is InChI=1S/C52H34N2O2S/c1-4-14-35(15-5-1)36-24-29-41(30-25-36)53(52-50-49(51(57-52)38-16-6-2-7-17-38)55-47-22-12-13-23-48(47)56-50)42-31-26-37(27-32-42)39-28-33-46-44(34-39)43-20-10-11-21-45(43)54(46)40-18-8-3-9-19-40/h1-34H. The zero-order valence-corrected chi connectivity index (χ0v) is 31.6. The van der Waals surface area contributed by atoms with Crippen LogP contribution in [0.5, 0.6) is 23.0 Å². The highest BCUT2D eigenvalue weighted by Gasteiger charge is 2.32. The summed E-state index contributed by atoms with van der Waals surface area (Å²) in [7, 11) is 0. The first-order valence-electron chi connectivity index (χ1n) is 19.1. The molecule has 11 rings (SSSR count). The molecular formula is C52H34N2O2S. The molecule has 0 spiro atoms. The maximum absolute atomic E-state index is 6.77. The van der Waals surface area contributed by atoms with Crippen LogP contribution < -0.4 is 14.4 Å². The highest BCUT2D eigenvalue weighted by atomic mass is 32.1. The summed E-state index contributed by atoms with van der Waals surface area (Å²) in [5, 5.41) is 3.40. The fourth-order valence-electron chi connectivity index (χ4n) is 7.97. The second-order valence-corrected chi connectivity index (χ2v) is 15.1. The minimum Gasteiger partial charge on any atom is -0.448 e. The van der Waals surface area contributed by atoms with Gasteiger partial charge in [-0.25, -0.2) is 0 Å². The Bertz CT molecular complexity index is 3040. The Hall–Kier alpha value is -7.34. The summed E-state index contributed by atoms with van der Waals surface area (Å²) in [6.45, 7) is 0. The zero-order chi connectivity index (χ0) is 37.7. The Kier molecular flexibility index (Phi) is 7.97. The van der Waals surface area contributed by atoms with Gasteiger partial charge in [-0.3, -0.25) is 4.90 Å². The SMILES string of the molecule is c1ccc(-c2ccc(N(c3ccc(-c4ccc5c(c4)c4ccccc4n5-c4ccccc4)cc3)c3sc(-c4ccccc4)c4c3Oc3ccccc3O4)cc2)cc1. The molecule has 1 aliphatic rings. The largest absolute Gasteiger partial charge is 0.448 e. The van der Waals surface area contributed by atoms with E-state index in [2.05, 4.69) is 185 Å². The quantitative estimate of drug-likeness (QED) is 0.162. The van der Waals surface area contributed by atoms with E-state index in [9.17, 15) is 0 Å². The Balaban J connectivity index is 1.04. The Morgan fingerprint density at radius 2 is 0.877 bits per heavy atom. The fourth-order valence-corrected chi connectivity index (χ4v) is 9.17. The van der Waals surface area contributed by atoms with Gasteiger partial charge in [-0.2, -0.15) is 0 Å². The van der Waals surface area contributed by atoms with Crippen LogP contribution in [0.25, 0.3) is 60.2 Å². The van der Waals surface area contributed by atoms with E-state index in [-0.39, 0.29) is 0 Å². The third kappa shape index (κ3) is 5.76. The number of hydrogen-bond donors (Lipinski definition) is 0. The number of anilines is 3. The van der Waals surface area contributed by atoms with Gasteiger partial charge in [0.1, 0.15) is 5.00 Å². The lowest BCUT2D eigenvalue weighted by Crippen LogP contribution is -2.10. The van der Waals surface area contributed by atoms with E-state index in [0.29, 0.717) is 17.2 Å². The van der Waals surface area contributed by atoms with Gasteiger partial charge in [0.15, 0.2) is 17.2 Å². The van der Waals surface area contributed by atoms with Gasteiger partial charge in [-0.05, 0) is 94.5 Å². The molecule has 0 unspecified atom stereocenters. The van der Waals surface area contributed by atoms with Crippen LogP contribution in [0.4, 0.5) is 16.4 Å². The lowest BCUT2D eigenvalue weighted by atomic mass is 10.0. The summed E-state index contributed by atoms with van der Waals surface area (Å²) in [5.74, 6) is 2.83. The molecule has 0 aliphatic carbocycles. The smallest absolute Gasteiger partial charge is 0.205 e. The first-order valence-corrected chi connectivity index (χ1v) is 19.9. The first-order chi connectivity index (χ1) is 28.3. The molecule has 0 radical (unpaired) electrons. The molecule has 0 saturated carbocycles. The third-order valence-electron chi connectivity index (χ3n) is 10.7. The van der Waals surface area contributed by atoms with Gasteiger partial charge < -0.3 is 14.0 Å². The molecule has 0 bridgehead atoms. The van der Waals surface area contributed by atoms with Crippen LogP contribution in [0.15, 0.2) is 206 Å². The molecule has 0 saturated heterocycles. The molecule has 3 heterocycles. The lowest BCUT2D eigenvalue weighted by molar-refractivity contribution is 0.364. The second kappa shape index (κ2) is 13.7. The van der Waals surface area contributed by atoms with E-state index >= 15 is 0 Å². The van der Waals surface area contributed by atoms with Crippen molar-refractivity contribution in [3.05, 3.63) is 206 Å². The van der Waals surface area contributed by atoms with Crippen molar-refractivity contribution in [2.24, 2.45) is 0 Å². The average molecular weight is 751 g/mol. The Morgan fingerprint density at radius 1 is 0.386 bits per heavy atom. The highest BCUT2D eigenvalue weighted by molar-refractivity contribution is 7.20. The maximum Gasteiger partial charge on any atom is 0.205 e. The summed E-state index contributed by atoms with van der Waals surface area (Å²) in [5.41, 5.74) is 11.3. The van der Waals surface area contributed by atoms with E-state index < -0.39 is 0 Å². The van der Waals surface area contributed by atoms with Crippen LogP contribution in [0.2, 0.25) is 0 Å². The minimum absolute atomic E-state index is 0.697. The van der Waals surface area contributed by atoms with Gasteiger partial charge in [-0.1, -0.05) is 140 Å². The number of nitrogens with zero attached hydrogens (tertiary/aromatic N) is 2. The molecular weight excluding hydrogens is 717 g/mol. The van der Waals surface area contributed by atoms with Crippen molar-refractivity contribution in [3.8, 4) is 61.4 Å². The number of para-hydroxylation sites is 4. The number of benzene rings is 8. The molecule has 0 N–H and O–H groups in total. The van der Waals surface area contributed by atoms with Crippen LogP contribution in [-0.4, -0.2) is 4.57 Å². The van der Waals surface area contributed by atoms with Crippen molar-refractivity contribution in [1.29, 1.82) is 0 Å². The second-order valence-electron chi connectivity index (χ2n) is 14.1. The number of hydrogen-bond acceptors (Lipinski definition) is 4. The molecule has 10 aromatic rings. The van der Waals surface area contributed by atoms with E-state index in [1.54, 1.807) is 11.3 Å². The highest BCUT2D eigenvalue weighted by Crippen LogP contribution is 2.61. The van der Waals surface area contributed by atoms with Gasteiger partial charge in [0.2, 0.25) is 5.75 Å². The van der Waals surface area contributed by atoms with Crippen LogP contribution in [0, 0.1) is 0 Å².